The number of benzene rings is 2. The molecule has 0 radical (unpaired) electrons. The Hall–Kier alpha value is -1.85. The summed E-state index contributed by atoms with van der Waals surface area (Å²) >= 11 is 3.60. The third kappa shape index (κ3) is 3.25. The van der Waals surface area contributed by atoms with Gasteiger partial charge >= 0.3 is 0 Å². The second-order valence-electron chi connectivity index (χ2n) is 8.22. The molecule has 0 spiro atoms. The van der Waals surface area contributed by atoms with Crippen LogP contribution in [-0.2, 0) is 22.4 Å². The number of methoxy groups -OCH3 is 1. The van der Waals surface area contributed by atoms with E-state index < -0.39 is 5.72 Å². The second-order valence-corrected chi connectivity index (χ2v) is 9.08. The normalized spacial score (nSPS) is 23.2. The summed E-state index contributed by atoms with van der Waals surface area (Å²) < 4.78 is 12.7. The predicted molar refractivity (Wildman–Crippen MR) is 112 cm³/mol. The number of nitrogens with zero attached hydrogens (tertiary/aromatic N) is 1. The number of hydrogen-bond acceptors (Lipinski definition) is 3. The van der Waals surface area contributed by atoms with Crippen molar-refractivity contribution in [3.05, 3.63) is 63.6 Å². The molecule has 1 aliphatic carbocycles. The van der Waals surface area contributed by atoms with E-state index in [0.717, 1.165) is 22.2 Å². The van der Waals surface area contributed by atoms with Crippen LogP contribution in [-0.4, -0.2) is 29.7 Å². The highest BCUT2D eigenvalue weighted by molar-refractivity contribution is 9.10. The first-order valence-corrected chi connectivity index (χ1v) is 10.5. The minimum absolute atomic E-state index is 0.00472. The first kappa shape index (κ1) is 19.5. The second kappa shape index (κ2) is 7.20. The molecule has 0 N–H and O–H groups in total. The van der Waals surface area contributed by atoms with Crippen molar-refractivity contribution in [2.75, 3.05) is 7.11 Å². The van der Waals surface area contributed by atoms with Crippen LogP contribution in [0.25, 0.3) is 0 Å². The molecule has 28 heavy (non-hydrogen) atoms. The van der Waals surface area contributed by atoms with Crippen LogP contribution in [0.2, 0.25) is 0 Å². The SMILES string of the molecule is COc1ccc(Br)c(C[C@H](C)C(=O)N2C3c4ccccc4CC3OC2(C)C)c1. The van der Waals surface area contributed by atoms with E-state index in [2.05, 4.69) is 34.1 Å². The molecule has 1 saturated heterocycles. The smallest absolute Gasteiger partial charge is 0.228 e. The predicted octanol–water partition coefficient (Wildman–Crippen LogP) is 4.90. The van der Waals surface area contributed by atoms with Crippen LogP contribution in [0.3, 0.4) is 0 Å². The average Bonchev–Trinajstić information content (AvgIpc) is 3.13. The summed E-state index contributed by atoms with van der Waals surface area (Å²) in [5, 5.41) is 0. The number of ether oxygens (including phenoxy) is 2. The number of halogens is 1. The van der Waals surface area contributed by atoms with Crippen LogP contribution in [0, 0.1) is 5.92 Å². The van der Waals surface area contributed by atoms with E-state index in [1.54, 1.807) is 7.11 Å². The maximum absolute atomic E-state index is 13.6. The largest absolute Gasteiger partial charge is 0.497 e. The minimum atomic E-state index is -0.611. The first-order valence-electron chi connectivity index (χ1n) is 9.73. The van der Waals surface area contributed by atoms with Crippen molar-refractivity contribution in [2.24, 2.45) is 5.92 Å². The zero-order valence-corrected chi connectivity index (χ0v) is 18.3. The molecule has 4 nitrogen and oxygen atoms in total. The van der Waals surface area contributed by atoms with Crippen LogP contribution in [0.15, 0.2) is 46.9 Å². The van der Waals surface area contributed by atoms with Crippen molar-refractivity contribution in [2.45, 2.75) is 51.5 Å². The minimum Gasteiger partial charge on any atom is -0.497 e. The van der Waals surface area contributed by atoms with Crippen LogP contribution < -0.4 is 4.74 Å². The lowest BCUT2D eigenvalue weighted by atomic mass is 9.96. The summed E-state index contributed by atoms with van der Waals surface area (Å²) in [4.78, 5) is 15.6. The Morgan fingerprint density at radius 2 is 2.07 bits per heavy atom. The van der Waals surface area contributed by atoms with Crippen molar-refractivity contribution in [3.8, 4) is 5.75 Å². The quantitative estimate of drug-likeness (QED) is 0.674. The van der Waals surface area contributed by atoms with Gasteiger partial charge in [0, 0.05) is 16.8 Å². The highest BCUT2D eigenvalue weighted by Gasteiger charge is 2.53. The molecule has 2 aromatic rings. The van der Waals surface area contributed by atoms with Crippen LogP contribution in [0.1, 0.15) is 43.5 Å². The Morgan fingerprint density at radius 1 is 1.32 bits per heavy atom. The lowest BCUT2D eigenvalue weighted by Gasteiger charge is -2.36. The third-order valence-electron chi connectivity index (χ3n) is 5.88. The lowest BCUT2D eigenvalue weighted by molar-refractivity contribution is -0.151. The summed E-state index contributed by atoms with van der Waals surface area (Å²) in [6.45, 7) is 6.00. The Bertz CT molecular complexity index is 910. The van der Waals surface area contributed by atoms with Gasteiger partial charge in [-0.25, -0.2) is 0 Å². The van der Waals surface area contributed by atoms with Gasteiger partial charge < -0.3 is 14.4 Å². The molecule has 1 aliphatic heterocycles. The van der Waals surface area contributed by atoms with Crippen molar-refractivity contribution >= 4 is 21.8 Å². The maximum atomic E-state index is 13.6. The fourth-order valence-corrected chi connectivity index (χ4v) is 5.01. The van der Waals surface area contributed by atoms with Crippen LogP contribution in [0.4, 0.5) is 0 Å². The summed E-state index contributed by atoms with van der Waals surface area (Å²) in [6, 6.07) is 14.3. The number of carbonyl (C=O) groups is 1. The molecule has 2 aromatic carbocycles. The summed E-state index contributed by atoms with van der Waals surface area (Å²) in [5.74, 6) is 0.759. The van der Waals surface area contributed by atoms with E-state index in [1.807, 2.05) is 49.9 Å². The van der Waals surface area contributed by atoms with Gasteiger partial charge in [-0.05, 0) is 55.2 Å². The van der Waals surface area contributed by atoms with Crippen molar-refractivity contribution in [1.29, 1.82) is 0 Å². The molecule has 0 saturated carbocycles. The molecule has 2 aliphatic rings. The molecular formula is C23H26BrNO3. The Morgan fingerprint density at radius 3 is 2.82 bits per heavy atom. The third-order valence-corrected chi connectivity index (χ3v) is 6.66. The summed E-state index contributed by atoms with van der Waals surface area (Å²) in [7, 11) is 1.66. The number of rotatable bonds is 4. The molecule has 148 valence electrons. The molecule has 1 fully saturated rings. The van der Waals surface area contributed by atoms with E-state index in [9.17, 15) is 4.79 Å². The molecule has 2 unspecified atom stereocenters. The van der Waals surface area contributed by atoms with Crippen LogP contribution >= 0.6 is 15.9 Å². The topological polar surface area (TPSA) is 38.8 Å². The molecule has 0 bridgehead atoms. The molecular weight excluding hydrogens is 418 g/mol. The highest BCUT2D eigenvalue weighted by Crippen LogP contribution is 2.48. The van der Waals surface area contributed by atoms with Gasteiger partial charge in [0.2, 0.25) is 5.91 Å². The monoisotopic (exact) mass is 443 g/mol. The zero-order chi connectivity index (χ0) is 20.1. The van der Waals surface area contributed by atoms with Crippen LogP contribution in [0.5, 0.6) is 5.75 Å². The molecule has 3 atom stereocenters. The fourth-order valence-electron chi connectivity index (χ4n) is 4.60. The maximum Gasteiger partial charge on any atom is 0.228 e. The number of carbonyl (C=O) groups excluding carboxylic acids is 1. The Kier molecular flexibility index (Phi) is 5.00. The van der Waals surface area contributed by atoms with Gasteiger partial charge in [-0.1, -0.05) is 47.1 Å². The van der Waals surface area contributed by atoms with Gasteiger partial charge in [-0.15, -0.1) is 0 Å². The standard InChI is InChI=1S/C23H26BrNO3/c1-14(11-16-12-17(27-4)9-10-19(16)24)22(26)25-21-18-8-6-5-7-15(18)13-20(21)28-23(25,2)3/h5-10,12,14,20-21H,11,13H2,1-4H3/t14-,20?,21?/m0/s1. The zero-order valence-electron chi connectivity index (χ0n) is 16.7. The van der Waals surface area contributed by atoms with Crippen molar-refractivity contribution in [1.82, 2.24) is 4.90 Å². The summed E-state index contributed by atoms with van der Waals surface area (Å²) in [6.07, 6.45) is 1.54. The molecule has 5 heteroatoms. The van der Waals surface area contributed by atoms with Gasteiger partial charge in [-0.3, -0.25) is 4.79 Å². The lowest BCUT2D eigenvalue weighted by Crippen LogP contribution is -2.47. The van der Waals surface area contributed by atoms with E-state index in [0.29, 0.717) is 6.42 Å². The van der Waals surface area contributed by atoms with Gasteiger partial charge in [0.25, 0.3) is 0 Å². The van der Waals surface area contributed by atoms with Gasteiger partial charge in [0.15, 0.2) is 0 Å². The van der Waals surface area contributed by atoms with Gasteiger partial charge in [-0.2, -0.15) is 0 Å². The fraction of sp³-hybridized carbons (Fsp3) is 0.435. The number of fused-ring (bicyclic) bond motifs is 3. The van der Waals surface area contributed by atoms with Crippen molar-refractivity contribution < 1.29 is 14.3 Å². The average molecular weight is 444 g/mol. The Balaban J connectivity index is 1.61. The van der Waals surface area contributed by atoms with Gasteiger partial charge in [0.05, 0.1) is 19.3 Å². The first-order chi connectivity index (χ1) is 13.3. The molecule has 1 heterocycles. The molecule has 4 rings (SSSR count). The van der Waals surface area contributed by atoms with E-state index in [-0.39, 0.29) is 24.0 Å². The molecule has 1 amide bonds. The highest BCUT2D eigenvalue weighted by atomic mass is 79.9. The van der Waals surface area contributed by atoms with E-state index in [4.69, 9.17) is 9.47 Å². The Labute approximate surface area is 175 Å². The van der Waals surface area contributed by atoms with E-state index >= 15 is 0 Å². The number of hydrogen-bond donors (Lipinski definition) is 0. The van der Waals surface area contributed by atoms with Crippen molar-refractivity contribution in [3.63, 3.8) is 0 Å². The molecule has 0 aromatic heterocycles. The van der Waals surface area contributed by atoms with Gasteiger partial charge in [0.1, 0.15) is 11.5 Å². The number of amides is 1. The summed E-state index contributed by atoms with van der Waals surface area (Å²) in [5.41, 5.74) is 2.97. The van der Waals surface area contributed by atoms with E-state index in [1.165, 1.54) is 11.1 Å².